The Balaban J connectivity index is 1.22. The number of amides is 2. The third-order valence-corrected chi connectivity index (χ3v) is 8.66. The molecule has 1 saturated carbocycles. The molecule has 2 aromatic carbocycles. The zero-order valence-corrected chi connectivity index (χ0v) is 25.2. The molecule has 2 fully saturated rings. The molecule has 2 aliphatic rings. The predicted octanol–water partition coefficient (Wildman–Crippen LogP) is 4.52. The van der Waals surface area contributed by atoms with Gasteiger partial charge in [0, 0.05) is 26.1 Å². The summed E-state index contributed by atoms with van der Waals surface area (Å²) >= 11 is 6.45. The van der Waals surface area contributed by atoms with Crippen molar-refractivity contribution in [3.8, 4) is 0 Å². The molecule has 2 atom stereocenters. The molecule has 0 unspecified atom stereocenters. The van der Waals surface area contributed by atoms with Gasteiger partial charge in [-0.05, 0) is 55.9 Å². The van der Waals surface area contributed by atoms with Crippen molar-refractivity contribution >= 4 is 46.0 Å². The van der Waals surface area contributed by atoms with Gasteiger partial charge in [0.2, 0.25) is 5.91 Å². The number of hydrogen-bond acceptors (Lipinski definition) is 7. The number of esters is 1. The normalized spacial score (nSPS) is 22.1. The summed E-state index contributed by atoms with van der Waals surface area (Å²) in [5.74, 6) is -1.72. The fraction of sp³-hybridized carbons (Fsp3) is 0.484. The van der Waals surface area contributed by atoms with Gasteiger partial charge in [-0.1, -0.05) is 29.8 Å². The summed E-state index contributed by atoms with van der Waals surface area (Å²) in [6, 6.07) is 9.58. The standard InChI is InChI=1S/C31H36ClFN4O6/c1-36-27-7-5-4-6-23(27)29(35-36)30(39)34-26-15-25(33)19(12-24(26)32)13-28(38)37-16-22(14-20(37)17-41-2)43-21-10-8-18(9-11-21)31(40)42-3/h4-7,12,15,18,20-22H,8-11,13-14,16-17H2,1-3H3,(H,34,39)/t18-,20-,21-,22+/m0/s1. The van der Waals surface area contributed by atoms with Crippen LogP contribution in [0.1, 0.15) is 48.2 Å². The van der Waals surface area contributed by atoms with E-state index in [4.69, 9.17) is 25.8 Å². The number of aromatic nitrogens is 2. The Morgan fingerprint density at radius 2 is 1.84 bits per heavy atom. The number of carbonyl (C=O) groups is 3. The van der Waals surface area contributed by atoms with Crippen molar-refractivity contribution in [2.24, 2.45) is 13.0 Å². The second-order valence-corrected chi connectivity index (χ2v) is 11.6. The minimum Gasteiger partial charge on any atom is -0.469 e. The molecule has 1 saturated heterocycles. The van der Waals surface area contributed by atoms with Crippen LogP contribution in [-0.2, 0) is 37.3 Å². The molecule has 1 aliphatic carbocycles. The Kier molecular flexibility index (Phi) is 9.63. The lowest BCUT2D eigenvalue weighted by Gasteiger charge is -2.29. The van der Waals surface area contributed by atoms with Crippen LogP contribution in [0.4, 0.5) is 10.1 Å². The molecule has 1 aliphatic heterocycles. The van der Waals surface area contributed by atoms with E-state index in [1.54, 1.807) is 29.8 Å². The first-order valence-electron chi connectivity index (χ1n) is 14.4. The van der Waals surface area contributed by atoms with E-state index in [2.05, 4.69) is 10.4 Å². The van der Waals surface area contributed by atoms with Gasteiger partial charge >= 0.3 is 5.97 Å². The third-order valence-electron chi connectivity index (χ3n) is 8.35. The molecule has 3 aromatic rings. The molecule has 10 nitrogen and oxygen atoms in total. The van der Waals surface area contributed by atoms with E-state index in [-0.39, 0.29) is 64.4 Å². The topological polar surface area (TPSA) is 112 Å². The number of carbonyl (C=O) groups excluding carboxylic acids is 3. The van der Waals surface area contributed by atoms with E-state index in [1.165, 1.54) is 13.2 Å². The number of hydrogen-bond donors (Lipinski definition) is 1. The van der Waals surface area contributed by atoms with E-state index < -0.39 is 11.7 Å². The van der Waals surface area contributed by atoms with Crippen LogP contribution in [0.5, 0.6) is 0 Å². The van der Waals surface area contributed by atoms with Crippen LogP contribution in [0.25, 0.3) is 10.9 Å². The average Bonchev–Trinajstić information content (AvgIpc) is 3.56. The molecule has 2 amide bonds. The summed E-state index contributed by atoms with van der Waals surface area (Å²) in [5, 5.41) is 7.71. The largest absolute Gasteiger partial charge is 0.469 e. The second-order valence-electron chi connectivity index (χ2n) is 11.2. The number of ether oxygens (including phenoxy) is 3. The Hall–Kier alpha value is -3.54. The zero-order valence-electron chi connectivity index (χ0n) is 24.5. The van der Waals surface area contributed by atoms with Gasteiger partial charge in [0.1, 0.15) is 5.82 Å². The lowest BCUT2D eigenvalue weighted by atomic mass is 9.87. The lowest BCUT2D eigenvalue weighted by molar-refractivity contribution is -0.148. The number of nitrogens with one attached hydrogen (secondary N) is 1. The number of nitrogens with zero attached hydrogens (tertiary/aromatic N) is 3. The molecule has 5 rings (SSSR count). The highest BCUT2D eigenvalue weighted by atomic mass is 35.5. The van der Waals surface area contributed by atoms with Crippen LogP contribution in [0.15, 0.2) is 36.4 Å². The van der Waals surface area contributed by atoms with E-state index in [1.807, 2.05) is 18.2 Å². The Labute approximate surface area is 254 Å². The van der Waals surface area contributed by atoms with Crippen LogP contribution in [0.3, 0.4) is 0 Å². The summed E-state index contributed by atoms with van der Waals surface area (Å²) in [6.45, 7) is 0.697. The maximum absolute atomic E-state index is 15.2. The molecular formula is C31H36ClFN4O6. The summed E-state index contributed by atoms with van der Waals surface area (Å²) in [7, 11) is 4.72. The number of aryl methyl sites for hydroxylation is 1. The SMILES string of the molecule is COC[C@@H]1C[C@@H](O[C@H]2CC[C@H](C(=O)OC)CC2)CN1C(=O)Cc1cc(Cl)c(NC(=O)c2nn(C)c3ccccc23)cc1F. The van der Waals surface area contributed by atoms with Gasteiger partial charge in [0.25, 0.3) is 5.91 Å². The van der Waals surface area contributed by atoms with Crippen molar-refractivity contribution in [3.05, 3.63) is 58.5 Å². The number of para-hydroxylation sites is 1. The molecule has 1 aromatic heterocycles. The van der Waals surface area contributed by atoms with Gasteiger partial charge in [0.15, 0.2) is 5.69 Å². The number of likely N-dealkylation sites (tertiary alicyclic amines) is 1. The lowest BCUT2D eigenvalue weighted by Crippen LogP contribution is -2.39. The van der Waals surface area contributed by atoms with E-state index in [0.717, 1.165) is 24.4 Å². The van der Waals surface area contributed by atoms with Crippen molar-refractivity contribution in [1.82, 2.24) is 14.7 Å². The maximum Gasteiger partial charge on any atom is 0.308 e. The average molecular weight is 615 g/mol. The molecule has 0 spiro atoms. The van der Waals surface area contributed by atoms with Gasteiger partial charge in [-0.15, -0.1) is 0 Å². The first-order chi connectivity index (χ1) is 20.7. The van der Waals surface area contributed by atoms with Crippen molar-refractivity contribution in [2.45, 2.75) is 56.8 Å². The third kappa shape index (κ3) is 6.84. The molecule has 1 N–H and O–H groups in total. The summed E-state index contributed by atoms with van der Waals surface area (Å²) in [5.41, 5.74) is 1.19. The summed E-state index contributed by atoms with van der Waals surface area (Å²) < 4.78 is 33.4. The zero-order chi connectivity index (χ0) is 30.7. The van der Waals surface area contributed by atoms with Crippen molar-refractivity contribution in [1.29, 1.82) is 0 Å². The first kappa shape index (κ1) is 30.9. The molecule has 230 valence electrons. The molecule has 12 heteroatoms. The molecule has 0 radical (unpaired) electrons. The number of anilines is 1. The maximum atomic E-state index is 15.2. The number of benzene rings is 2. The minimum absolute atomic E-state index is 0.00670. The molecule has 43 heavy (non-hydrogen) atoms. The Morgan fingerprint density at radius 3 is 2.56 bits per heavy atom. The van der Waals surface area contributed by atoms with Crippen LogP contribution in [0, 0.1) is 11.7 Å². The number of halogens is 2. The Morgan fingerprint density at radius 1 is 1.09 bits per heavy atom. The predicted molar refractivity (Wildman–Crippen MR) is 158 cm³/mol. The molecule has 2 heterocycles. The highest BCUT2D eigenvalue weighted by Crippen LogP contribution is 2.32. The van der Waals surface area contributed by atoms with Crippen molar-refractivity contribution in [2.75, 3.05) is 32.7 Å². The number of rotatable bonds is 9. The molecule has 0 bridgehead atoms. The van der Waals surface area contributed by atoms with E-state index >= 15 is 4.39 Å². The second kappa shape index (κ2) is 13.4. The fourth-order valence-corrected chi connectivity index (χ4v) is 6.38. The first-order valence-corrected chi connectivity index (χ1v) is 14.8. The van der Waals surface area contributed by atoms with Crippen LogP contribution in [0.2, 0.25) is 5.02 Å². The van der Waals surface area contributed by atoms with Gasteiger partial charge in [-0.25, -0.2) is 4.39 Å². The van der Waals surface area contributed by atoms with E-state index in [9.17, 15) is 14.4 Å². The summed E-state index contributed by atoms with van der Waals surface area (Å²) in [4.78, 5) is 39.9. The van der Waals surface area contributed by atoms with Crippen molar-refractivity contribution in [3.63, 3.8) is 0 Å². The van der Waals surface area contributed by atoms with Gasteiger partial charge in [0.05, 0.1) is 60.5 Å². The highest BCUT2D eigenvalue weighted by Gasteiger charge is 2.38. The number of fused-ring (bicyclic) bond motifs is 1. The van der Waals surface area contributed by atoms with Crippen LogP contribution >= 0.6 is 11.6 Å². The van der Waals surface area contributed by atoms with Crippen molar-refractivity contribution < 1.29 is 33.0 Å². The molecular weight excluding hydrogens is 579 g/mol. The Bertz CT molecular complexity index is 1500. The van der Waals surface area contributed by atoms with E-state index in [0.29, 0.717) is 37.8 Å². The van der Waals surface area contributed by atoms with Gasteiger partial charge in [-0.2, -0.15) is 5.10 Å². The highest BCUT2D eigenvalue weighted by molar-refractivity contribution is 6.34. The van der Waals surface area contributed by atoms with Crippen LogP contribution < -0.4 is 5.32 Å². The minimum atomic E-state index is -0.656. The fourth-order valence-electron chi connectivity index (χ4n) is 6.15. The van der Waals surface area contributed by atoms with Gasteiger partial charge < -0.3 is 24.4 Å². The van der Waals surface area contributed by atoms with Crippen LogP contribution in [-0.4, -0.2) is 78.1 Å². The quantitative estimate of drug-likeness (QED) is 0.353. The van der Waals surface area contributed by atoms with Gasteiger partial charge in [-0.3, -0.25) is 19.1 Å². The monoisotopic (exact) mass is 614 g/mol. The smallest absolute Gasteiger partial charge is 0.308 e. The summed E-state index contributed by atoms with van der Waals surface area (Å²) in [6.07, 6.45) is 3.15. The number of methoxy groups -OCH3 is 2.